The molecule has 0 spiro atoms. The van der Waals surface area contributed by atoms with E-state index in [0.29, 0.717) is 6.61 Å². The third-order valence-corrected chi connectivity index (χ3v) is 5.74. The molecule has 31 heavy (non-hydrogen) atoms. The third-order valence-electron chi connectivity index (χ3n) is 4.50. The van der Waals surface area contributed by atoms with Gasteiger partial charge in [0.05, 0.1) is 6.21 Å². The fourth-order valence-corrected chi connectivity index (χ4v) is 3.82. The number of halogens is 1. The van der Waals surface area contributed by atoms with Crippen molar-refractivity contribution < 1.29 is 4.74 Å². The van der Waals surface area contributed by atoms with Crippen LogP contribution in [-0.2, 0) is 12.4 Å². The van der Waals surface area contributed by atoms with E-state index in [4.69, 9.17) is 16.3 Å². The van der Waals surface area contributed by atoms with Crippen LogP contribution in [0.5, 0.6) is 5.75 Å². The van der Waals surface area contributed by atoms with Crippen molar-refractivity contribution in [1.29, 1.82) is 0 Å². The molecule has 0 bridgehead atoms. The fourth-order valence-electron chi connectivity index (χ4n) is 2.81. The summed E-state index contributed by atoms with van der Waals surface area (Å²) in [6.45, 7) is 2.39. The summed E-state index contributed by atoms with van der Waals surface area (Å²) in [5.74, 6) is 2.36. The second kappa shape index (κ2) is 10.3. The standard InChI is InChI=1S/C24H21ClN4OS/c1-18-27-28-24(31-17-21-5-3-2-4-6-21)29(18)26-15-19-9-13-23(14-10-19)30-16-20-7-11-22(25)12-8-20/h2-15H,16-17H2,1H3/b26-15+. The molecule has 0 atom stereocenters. The molecule has 0 unspecified atom stereocenters. The predicted molar refractivity (Wildman–Crippen MR) is 126 cm³/mol. The molecule has 0 aliphatic heterocycles. The summed E-state index contributed by atoms with van der Waals surface area (Å²) < 4.78 is 7.60. The van der Waals surface area contributed by atoms with Gasteiger partial charge in [0.15, 0.2) is 5.82 Å². The molecule has 1 aromatic heterocycles. The normalized spacial score (nSPS) is 11.2. The molecular formula is C24H21ClN4OS. The zero-order valence-corrected chi connectivity index (χ0v) is 18.6. The molecule has 1 heterocycles. The lowest BCUT2D eigenvalue weighted by molar-refractivity contribution is 0.306. The lowest BCUT2D eigenvalue weighted by atomic mass is 10.2. The van der Waals surface area contributed by atoms with E-state index in [-0.39, 0.29) is 0 Å². The van der Waals surface area contributed by atoms with Gasteiger partial charge in [-0.2, -0.15) is 9.78 Å². The van der Waals surface area contributed by atoms with Crippen LogP contribution in [0, 0.1) is 6.92 Å². The summed E-state index contributed by atoms with van der Waals surface area (Å²) in [6, 6.07) is 25.7. The van der Waals surface area contributed by atoms with Crippen molar-refractivity contribution in [2.75, 3.05) is 0 Å². The van der Waals surface area contributed by atoms with Crippen molar-refractivity contribution in [1.82, 2.24) is 14.9 Å². The molecule has 156 valence electrons. The van der Waals surface area contributed by atoms with Crippen LogP contribution in [0.2, 0.25) is 5.02 Å². The summed E-state index contributed by atoms with van der Waals surface area (Å²) >= 11 is 7.53. The van der Waals surface area contributed by atoms with Crippen molar-refractivity contribution >= 4 is 29.6 Å². The van der Waals surface area contributed by atoms with Crippen molar-refractivity contribution in [2.45, 2.75) is 24.4 Å². The predicted octanol–water partition coefficient (Wildman–Crippen LogP) is 5.99. The highest BCUT2D eigenvalue weighted by Gasteiger charge is 2.08. The van der Waals surface area contributed by atoms with Gasteiger partial charge in [-0.3, -0.25) is 0 Å². The van der Waals surface area contributed by atoms with Gasteiger partial charge in [0.2, 0.25) is 5.16 Å². The summed E-state index contributed by atoms with van der Waals surface area (Å²) in [4.78, 5) is 0. The van der Waals surface area contributed by atoms with E-state index in [2.05, 4.69) is 27.4 Å². The number of thioether (sulfide) groups is 1. The maximum Gasteiger partial charge on any atom is 0.212 e. The number of hydrogen-bond donors (Lipinski definition) is 0. The Morgan fingerprint density at radius 2 is 1.68 bits per heavy atom. The third kappa shape index (κ3) is 5.96. The molecule has 0 saturated heterocycles. The molecule has 4 aromatic rings. The van der Waals surface area contributed by atoms with Gasteiger partial charge in [-0.05, 0) is 60.0 Å². The molecule has 5 nitrogen and oxygen atoms in total. The maximum atomic E-state index is 5.91. The Labute approximate surface area is 190 Å². The lowest BCUT2D eigenvalue weighted by Gasteiger charge is -2.07. The van der Waals surface area contributed by atoms with E-state index in [0.717, 1.165) is 38.6 Å². The zero-order valence-electron chi connectivity index (χ0n) is 17.0. The van der Waals surface area contributed by atoms with Gasteiger partial charge < -0.3 is 4.74 Å². The Morgan fingerprint density at radius 3 is 2.42 bits per heavy atom. The molecule has 0 radical (unpaired) electrons. The van der Waals surface area contributed by atoms with E-state index < -0.39 is 0 Å². The number of nitrogens with zero attached hydrogens (tertiary/aromatic N) is 4. The molecule has 0 amide bonds. The first kappa shape index (κ1) is 21.2. The smallest absolute Gasteiger partial charge is 0.212 e. The van der Waals surface area contributed by atoms with E-state index in [9.17, 15) is 0 Å². The molecule has 0 aliphatic carbocycles. The summed E-state index contributed by atoms with van der Waals surface area (Å²) in [5, 5.41) is 14.5. The van der Waals surface area contributed by atoms with Crippen molar-refractivity contribution in [3.8, 4) is 5.75 Å². The highest BCUT2D eigenvalue weighted by molar-refractivity contribution is 7.98. The minimum Gasteiger partial charge on any atom is -0.489 e. The minimum absolute atomic E-state index is 0.493. The van der Waals surface area contributed by atoms with Crippen LogP contribution in [0.4, 0.5) is 0 Å². The maximum absolute atomic E-state index is 5.91. The molecule has 3 aromatic carbocycles. The number of aryl methyl sites for hydroxylation is 1. The summed E-state index contributed by atoms with van der Waals surface area (Å²) in [5.41, 5.74) is 3.27. The Hall–Kier alpha value is -3.09. The van der Waals surface area contributed by atoms with Crippen molar-refractivity contribution in [2.24, 2.45) is 5.10 Å². The summed E-state index contributed by atoms with van der Waals surface area (Å²) in [7, 11) is 0. The van der Waals surface area contributed by atoms with E-state index in [1.165, 1.54) is 5.56 Å². The second-order valence-corrected chi connectivity index (χ2v) is 8.22. The summed E-state index contributed by atoms with van der Waals surface area (Å²) in [6.07, 6.45) is 1.80. The number of hydrogen-bond acceptors (Lipinski definition) is 5. The molecule has 0 N–H and O–H groups in total. The molecular weight excluding hydrogens is 428 g/mol. The molecule has 7 heteroatoms. The van der Waals surface area contributed by atoms with Crippen molar-refractivity contribution in [3.05, 3.63) is 106 Å². The van der Waals surface area contributed by atoms with Gasteiger partial charge in [0.25, 0.3) is 0 Å². The topological polar surface area (TPSA) is 52.3 Å². The number of rotatable bonds is 8. The van der Waals surface area contributed by atoms with Crippen LogP contribution < -0.4 is 4.74 Å². The first-order valence-electron chi connectivity index (χ1n) is 9.78. The number of ether oxygens (including phenoxy) is 1. The largest absolute Gasteiger partial charge is 0.489 e. The fraction of sp³-hybridized carbons (Fsp3) is 0.125. The van der Waals surface area contributed by atoms with E-state index >= 15 is 0 Å². The number of benzene rings is 3. The first-order chi connectivity index (χ1) is 15.2. The average Bonchev–Trinajstić information content (AvgIpc) is 3.16. The van der Waals surface area contributed by atoms with Crippen LogP contribution in [0.15, 0.2) is 89.1 Å². The Bertz CT molecular complexity index is 1140. The minimum atomic E-state index is 0.493. The van der Waals surface area contributed by atoms with Crippen LogP contribution in [-0.4, -0.2) is 21.1 Å². The molecule has 4 rings (SSSR count). The molecule has 0 aliphatic rings. The highest BCUT2D eigenvalue weighted by Crippen LogP contribution is 2.22. The van der Waals surface area contributed by atoms with Crippen LogP contribution in [0.25, 0.3) is 0 Å². The molecule has 0 saturated carbocycles. The Kier molecular flexibility index (Phi) is 7.02. The van der Waals surface area contributed by atoms with Gasteiger partial charge >= 0.3 is 0 Å². The van der Waals surface area contributed by atoms with E-state index in [1.807, 2.05) is 73.7 Å². The first-order valence-corrected chi connectivity index (χ1v) is 11.1. The Morgan fingerprint density at radius 1 is 0.935 bits per heavy atom. The van der Waals surface area contributed by atoms with Gasteiger partial charge in [-0.1, -0.05) is 65.8 Å². The van der Waals surface area contributed by atoms with Crippen LogP contribution in [0.3, 0.4) is 0 Å². The quantitative estimate of drug-likeness (QED) is 0.245. The van der Waals surface area contributed by atoms with Crippen molar-refractivity contribution in [3.63, 3.8) is 0 Å². The average molecular weight is 449 g/mol. The number of aromatic nitrogens is 3. The SMILES string of the molecule is Cc1nnc(SCc2ccccc2)n1/N=C/c1ccc(OCc2ccc(Cl)cc2)cc1. The van der Waals surface area contributed by atoms with Crippen LogP contribution in [0.1, 0.15) is 22.5 Å². The molecule has 0 fully saturated rings. The lowest BCUT2D eigenvalue weighted by Crippen LogP contribution is -1.97. The van der Waals surface area contributed by atoms with Gasteiger partial charge in [0.1, 0.15) is 12.4 Å². The monoisotopic (exact) mass is 448 g/mol. The van der Waals surface area contributed by atoms with Gasteiger partial charge in [-0.15, -0.1) is 10.2 Å². The van der Waals surface area contributed by atoms with E-state index in [1.54, 1.807) is 22.7 Å². The highest BCUT2D eigenvalue weighted by atomic mass is 35.5. The van der Waals surface area contributed by atoms with Gasteiger partial charge in [0, 0.05) is 10.8 Å². The zero-order chi connectivity index (χ0) is 21.5. The second-order valence-electron chi connectivity index (χ2n) is 6.84. The van der Waals surface area contributed by atoms with Crippen LogP contribution >= 0.6 is 23.4 Å². The van der Waals surface area contributed by atoms with Gasteiger partial charge in [-0.25, -0.2) is 0 Å². The Balaban J connectivity index is 1.37.